The molecule has 0 radical (unpaired) electrons. The van der Waals surface area contributed by atoms with Crippen LogP contribution in [0.2, 0.25) is 0 Å². The summed E-state index contributed by atoms with van der Waals surface area (Å²) in [5, 5.41) is 30.3. The Balaban J connectivity index is 2.08. The smallest absolute Gasteiger partial charge is 0.135 e. The van der Waals surface area contributed by atoms with Crippen molar-refractivity contribution >= 4 is 5.78 Å². The second-order valence-electron chi connectivity index (χ2n) is 6.14. The van der Waals surface area contributed by atoms with Gasteiger partial charge in [-0.15, -0.1) is 0 Å². The molecular weight excluding hydrogens is 292 g/mol. The lowest BCUT2D eigenvalue weighted by Crippen LogP contribution is -2.14. The molecule has 2 aromatic rings. The highest BCUT2D eigenvalue weighted by Crippen LogP contribution is 2.37. The van der Waals surface area contributed by atoms with E-state index in [0.717, 1.165) is 11.1 Å². The zero-order chi connectivity index (χ0) is 16.4. The number of carbonyl (C=O) groups excluding carboxylic acids is 1. The molecule has 0 aromatic heterocycles. The van der Waals surface area contributed by atoms with Gasteiger partial charge in [0.15, 0.2) is 0 Å². The van der Waals surface area contributed by atoms with Crippen molar-refractivity contribution in [3.63, 3.8) is 0 Å². The van der Waals surface area contributed by atoms with Gasteiger partial charge in [0.1, 0.15) is 17.3 Å². The molecule has 1 aliphatic carbocycles. The average molecular weight is 312 g/mol. The third-order valence-corrected chi connectivity index (χ3v) is 4.33. The van der Waals surface area contributed by atoms with Gasteiger partial charge in [-0.25, -0.2) is 0 Å². The van der Waals surface area contributed by atoms with Gasteiger partial charge in [-0.2, -0.15) is 0 Å². The number of Topliss-reactive ketones (excluding diaryl/α,β-unsaturated/α-hetero) is 1. The van der Waals surface area contributed by atoms with E-state index in [1.54, 1.807) is 24.3 Å². The predicted octanol–water partition coefficient (Wildman–Crippen LogP) is 2.96. The number of aliphatic hydroxyl groups excluding tert-OH is 1. The number of fused-ring (bicyclic) bond motifs is 5. The Kier molecular flexibility index (Phi) is 4.35. The number of hydrogen-bond acceptors (Lipinski definition) is 4. The molecule has 0 unspecified atom stereocenters. The van der Waals surface area contributed by atoms with Crippen LogP contribution in [0.3, 0.4) is 0 Å². The molecule has 0 saturated heterocycles. The maximum atomic E-state index is 11.9. The van der Waals surface area contributed by atoms with Crippen LogP contribution >= 0.6 is 0 Å². The molecule has 1 aliphatic rings. The van der Waals surface area contributed by atoms with Gasteiger partial charge in [-0.3, -0.25) is 4.79 Å². The minimum Gasteiger partial charge on any atom is -0.507 e. The Labute approximate surface area is 135 Å². The van der Waals surface area contributed by atoms with Gasteiger partial charge in [-0.05, 0) is 54.7 Å². The summed E-state index contributed by atoms with van der Waals surface area (Å²) < 4.78 is 0. The molecule has 0 heterocycles. The van der Waals surface area contributed by atoms with E-state index in [4.69, 9.17) is 0 Å². The van der Waals surface area contributed by atoms with Gasteiger partial charge in [0.25, 0.3) is 0 Å². The van der Waals surface area contributed by atoms with Crippen LogP contribution in [-0.4, -0.2) is 27.2 Å². The molecular formula is C19H20O4. The van der Waals surface area contributed by atoms with E-state index >= 15 is 0 Å². The first-order chi connectivity index (χ1) is 11.0. The number of ketones is 1. The average Bonchev–Trinajstić information content (AvgIpc) is 2.53. The Morgan fingerprint density at radius 2 is 1.39 bits per heavy atom. The van der Waals surface area contributed by atoms with Crippen LogP contribution in [0.15, 0.2) is 36.4 Å². The number of phenolic OH excluding ortho intramolecular Hbond substituents is 2. The molecule has 0 aliphatic heterocycles. The Hall–Kier alpha value is -2.33. The number of hydrogen-bond donors (Lipinski definition) is 3. The number of aliphatic hydroxyl groups is 1. The fraction of sp³-hybridized carbons (Fsp3) is 0.316. The van der Waals surface area contributed by atoms with E-state index in [-0.39, 0.29) is 23.7 Å². The van der Waals surface area contributed by atoms with Crippen molar-refractivity contribution in [2.75, 3.05) is 0 Å². The molecule has 4 nitrogen and oxygen atoms in total. The van der Waals surface area contributed by atoms with E-state index in [0.29, 0.717) is 36.8 Å². The van der Waals surface area contributed by atoms with Crippen molar-refractivity contribution < 1.29 is 20.1 Å². The van der Waals surface area contributed by atoms with Crippen LogP contribution in [0, 0.1) is 0 Å². The number of benzene rings is 2. The molecule has 2 aromatic carbocycles. The fourth-order valence-electron chi connectivity index (χ4n) is 2.99. The van der Waals surface area contributed by atoms with E-state index in [1.807, 2.05) is 12.1 Å². The zero-order valence-electron chi connectivity index (χ0n) is 12.8. The Bertz CT molecular complexity index is 736. The lowest BCUT2D eigenvalue weighted by Gasteiger charge is -2.11. The molecule has 3 rings (SSSR count). The van der Waals surface area contributed by atoms with Crippen molar-refractivity contribution in [1.82, 2.24) is 0 Å². The number of aryl methyl sites for hydroxylation is 2. The molecule has 1 atom stereocenters. The van der Waals surface area contributed by atoms with Crippen molar-refractivity contribution in [2.24, 2.45) is 0 Å². The van der Waals surface area contributed by atoms with Gasteiger partial charge in [-0.1, -0.05) is 12.1 Å². The van der Waals surface area contributed by atoms with Crippen molar-refractivity contribution in [3.8, 4) is 22.6 Å². The molecule has 3 N–H and O–H groups in total. The highest BCUT2D eigenvalue weighted by Gasteiger charge is 2.16. The van der Waals surface area contributed by atoms with Crippen LogP contribution in [0.4, 0.5) is 0 Å². The van der Waals surface area contributed by atoms with Crippen LogP contribution in [-0.2, 0) is 17.6 Å². The first kappa shape index (κ1) is 15.6. The van der Waals surface area contributed by atoms with Gasteiger partial charge in [0, 0.05) is 24.0 Å². The number of aromatic hydroxyl groups is 2. The van der Waals surface area contributed by atoms with Crippen LogP contribution < -0.4 is 0 Å². The highest BCUT2D eigenvalue weighted by atomic mass is 16.3. The van der Waals surface area contributed by atoms with Crippen molar-refractivity contribution in [3.05, 3.63) is 47.5 Å². The third-order valence-electron chi connectivity index (χ3n) is 4.33. The predicted molar refractivity (Wildman–Crippen MR) is 87.5 cm³/mol. The van der Waals surface area contributed by atoms with E-state index in [1.165, 1.54) is 0 Å². The lowest BCUT2D eigenvalue weighted by atomic mass is 9.96. The quantitative estimate of drug-likeness (QED) is 0.699. The number of phenols is 2. The largest absolute Gasteiger partial charge is 0.507 e. The summed E-state index contributed by atoms with van der Waals surface area (Å²) in [6, 6.07) is 10.4. The summed E-state index contributed by atoms with van der Waals surface area (Å²) in [5.41, 5.74) is 3.01. The van der Waals surface area contributed by atoms with Gasteiger partial charge in [0.05, 0.1) is 6.10 Å². The monoisotopic (exact) mass is 312 g/mol. The first-order valence-electron chi connectivity index (χ1n) is 7.87. The molecule has 0 saturated carbocycles. The molecule has 4 bridgehead atoms. The fourth-order valence-corrected chi connectivity index (χ4v) is 2.99. The topological polar surface area (TPSA) is 77.8 Å². The molecule has 23 heavy (non-hydrogen) atoms. The van der Waals surface area contributed by atoms with E-state index in [9.17, 15) is 20.1 Å². The summed E-state index contributed by atoms with van der Waals surface area (Å²) in [6.45, 7) is 0. The molecule has 4 heteroatoms. The number of carbonyl (C=O) groups is 1. The van der Waals surface area contributed by atoms with Crippen LogP contribution in [0.5, 0.6) is 11.5 Å². The van der Waals surface area contributed by atoms with Gasteiger partial charge >= 0.3 is 0 Å². The minimum atomic E-state index is -0.642. The summed E-state index contributed by atoms with van der Waals surface area (Å²) >= 11 is 0. The van der Waals surface area contributed by atoms with Gasteiger partial charge < -0.3 is 15.3 Å². The van der Waals surface area contributed by atoms with Gasteiger partial charge in [0.2, 0.25) is 0 Å². The third kappa shape index (κ3) is 3.54. The van der Waals surface area contributed by atoms with E-state index in [2.05, 4.69) is 0 Å². The Morgan fingerprint density at radius 3 is 2.00 bits per heavy atom. The van der Waals surface area contributed by atoms with E-state index < -0.39 is 6.10 Å². The summed E-state index contributed by atoms with van der Waals surface area (Å²) in [7, 11) is 0. The normalized spacial score (nSPS) is 18.7. The summed E-state index contributed by atoms with van der Waals surface area (Å²) in [6.07, 6.45) is 1.57. The molecule has 0 spiro atoms. The number of rotatable bonds is 0. The summed E-state index contributed by atoms with van der Waals surface area (Å²) in [5.74, 6) is 0.246. The maximum absolute atomic E-state index is 11.9. The van der Waals surface area contributed by atoms with Crippen molar-refractivity contribution in [1.29, 1.82) is 0 Å². The molecule has 0 fully saturated rings. The summed E-state index contributed by atoms with van der Waals surface area (Å²) in [4.78, 5) is 11.9. The molecule has 0 amide bonds. The van der Waals surface area contributed by atoms with Crippen LogP contribution in [0.25, 0.3) is 11.1 Å². The highest BCUT2D eigenvalue weighted by molar-refractivity contribution is 5.80. The first-order valence-corrected chi connectivity index (χ1v) is 7.87. The molecule has 120 valence electrons. The lowest BCUT2D eigenvalue weighted by molar-refractivity contribution is -0.120. The second-order valence-corrected chi connectivity index (χ2v) is 6.14. The Morgan fingerprint density at radius 1 is 0.826 bits per heavy atom. The zero-order valence-corrected chi connectivity index (χ0v) is 12.8. The van der Waals surface area contributed by atoms with Crippen LogP contribution in [0.1, 0.15) is 30.4 Å². The standard InChI is InChI=1S/C19H20O4/c20-14-5-1-12-3-7-18(22)16(9-12)17-10-13(4-8-19(17)23)2-6-15(21)11-14/h3-4,7-10,14,20,22-23H,1-2,5-6,11H2/t14-/m0/s1. The van der Waals surface area contributed by atoms with Crippen molar-refractivity contribution in [2.45, 2.75) is 38.2 Å². The second kappa shape index (κ2) is 6.42. The SMILES string of the molecule is O=C1CCc2ccc(O)c(c2)-c2cc(ccc2O)CC[C@H](O)C1. The maximum Gasteiger partial charge on any atom is 0.135 e. The minimum absolute atomic E-state index is 0.0425.